The van der Waals surface area contributed by atoms with Crippen molar-refractivity contribution in [1.82, 2.24) is 9.62 Å². The highest BCUT2D eigenvalue weighted by Crippen LogP contribution is 2.34. The zero-order valence-electron chi connectivity index (χ0n) is 10.8. The molecule has 0 radical (unpaired) electrons. The summed E-state index contributed by atoms with van der Waals surface area (Å²) in [5, 5.41) is 2.09. The first kappa shape index (κ1) is 16.4. The van der Waals surface area contributed by atoms with Crippen molar-refractivity contribution in [1.29, 1.82) is 0 Å². The van der Waals surface area contributed by atoms with Crippen molar-refractivity contribution in [3.63, 3.8) is 0 Å². The van der Waals surface area contributed by atoms with E-state index in [2.05, 4.69) is 37.2 Å². The quantitative estimate of drug-likeness (QED) is 0.522. The van der Waals surface area contributed by atoms with Crippen molar-refractivity contribution in [2.24, 2.45) is 0 Å². The van der Waals surface area contributed by atoms with Crippen LogP contribution in [0.3, 0.4) is 0 Å². The number of nitrogen functional groups attached to an aromatic ring is 1. The molecule has 0 bridgehead atoms. The van der Waals surface area contributed by atoms with Gasteiger partial charge >= 0.3 is 0 Å². The number of benzene rings is 1. The SMILES string of the molecule is CC1C(=O)NC(=O)CN1S(=O)(=O)c1c(N)cc(Br)cc1Br. The highest BCUT2D eigenvalue weighted by molar-refractivity contribution is 9.11. The molecular formula is C11H11Br2N3O4S. The molecule has 1 saturated heterocycles. The van der Waals surface area contributed by atoms with Crippen molar-refractivity contribution < 1.29 is 18.0 Å². The number of nitrogens with one attached hydrogen (secondary N) is 1. The number of hydrogen-bond acceptors (Lipinski definition) is 5. The van der Waals surface area contributed by atoms with Crippen LogP contribution in [-0.2, 0) is 19.6 Å². The van der Waals surface area contributed by atoms with Gasteiger partial charge in [-0.2, -0.15) is 4.31 Å². The lowest BCUT2D eigenvalue weighted by atomic mass is 10.2. The van der Waals surface area contributed by atoms with E-state index in [0.29, 0.717) is 4.47 Å². The molecule has 0 saturated carbocycles. The van der Waals surface area contributed by atoms with E-state index in [1.165, 1.54) is 19.1 Å². The first-order valence-electron chi connectivity index (χ1n) is 5.74. The lowest BCUT2D eigenvalue weighted by Gasteiger charge is -2.31. The molecule has 114 valence electrons. The molecule has 1 aromatic carbocycles. The summed E-state index contributed by atoms with van der Waals surface area (Å²) in [5.41, 5.74) is 5.79. The van der Waals surface area contributed by atoms with Gasteiger partial charge in [0.2, 0.25) is 21.8 Å². The van der Waals surface area contributed by atoms with Gasteiger partial charge in [-0.15, -0.1) is 0 Å². The highest BCUT2D eigenvalue weighted by atomic mass is 79.9. The van der Waals surface area contributed by atoms with Gasteiger partial charge < -0.3 is 5.73 Å². The highest BCUT2D eigenvalue weighted by Gasteiger charge is 2.40. The second kappa shape index (κ2) is 5.67. The summed E-state index contributed by atoms with van der Waals surface area (Å²) >= 11 is 6.35. The minimum atomic E-state index is -4.10. The van der Waals surface area contributed by atoms with E-state index in [4.69, 9.17) is 5.73 Å². The van der Waals surface area contributed by atoms with Crippen molar-refractivity contribution in [2.75, 3.05) is 12.3 Å². The fraction of sp³-hybridized carbons (Fsp3) is 0.273. The molecule has 2 amide bonds. The normalized spacial score (nSPS) is 20.4. The molecule has 2 rings (SSSR count). The van der Waals surface area contributed by atoms with Crippen molar-refractivity contribution >= 4 is 59.4 Å². The summed E-state index contributed by atoms with van der Waals surface area (Å²) in [5.74, 6) is -1.34. The van der Waals surface area contributed by atoms with Crippen LogP contribution < -0.4 is 11.1 Å². The molecule has 1 unspecified atom stereocenters. The summed E-state index contributed by atoms with van der Waals surface area (Å²) in [6, 6.07) is 1.97. The summed E-state index contributed by atoms with van der Waals surface area (Å²) < 4.78 is 27.1. The van der Waals surface area contributed by atoms with Crippen LogP contribution in [-0.4, -0.2) is 37.1 Å². The molecule has 3 N–H and O–H groups in total. The number of nitrogens with two attached hydrogens (primary N) is 1. The number of imide groups is 1. The zero-order valence-corrected chi connectivity index (χ0v) is 14.7. The average molecular weight is 441 g/mol. The Morgan fingerprint density at radius 3 is 2.52 bits per heavy atom. The summed E-state index contributed by atoms with van der Waals surface area (Å²) in [6.45, 7) is 0.972. The summed E-state index contributed by atoms with van der Waals surface area (Å²) in [7, 11) is -4.10. The first-order valence-corrected chi connectivity index (χ1v) is 8.77. The van der Waals surface area contributed by atoms with Gasteiger partial charge in [0.25, 0.3) is 0 Å². The standard InChI is InChI=1S/C11H11Br2N3O4S/c1-5-11(18)15-9(17)4-16(5)21(19,20)10-7(13)2-6(12)3-8(10)14/h2-3,5H,4,14H2,1H3,(H,15,17,18). The Labute approximate surface area is 138 Å². The molecule has 7 nitrogen and oxygen atoms in total. The van der Waals surface area contributed by atoms with Crippen LogP contribution >= 0.6 is 31.9 Å². The molecule has 0 aliphatic carbocycles. The van der Waals surface area contributed by atoms with Crippen LogP contribution in [0, 0.1) is 0 Å². The average Bonchev–Trinajstić information content (AvgIpc) is 2.31. The van der Waals surface area contributed by atoms with Crippen LogP contribution in [0.1, 0.15) is 6.92 Å². The van der Waals surface area contributed by atoms with Gasteiger partial charge in [-0.25, -0.2) is 8.42 Å². The molecule has 1 fully saturated rings. The number of nitrogens with zero attached hydrogens (tertiary/aromatic N) is 1. The van der Waals surface area contributed by atoms with E-state index < -0.39 is 34.4 Å². The molecule has 1 heterocycles. The van der Waals surface area contributed by atoms with E-state index in [1.807, 2.05) is 0 Å². The maximum Gasteiger partial charge on any atom is 0.247 e. The second-order valence-electron chi connectivity index (χ2n) is 4.44. The monoisotopic (exact) mass is 439 g/mol. The van der Waals surface area contributed by atoms with Crippen LogP contribution in [0.2, 0.25) is 0 Å². The molecule has 1 aromatic rings. The molecule has 0 spiro atoms. The van der Waals surface area contributed by atoms with E-state index in [9.17, 15) is 18.0 Å². The van der Waals surface area contributed by atoms with Crippen LogP contribution in [0.25, 0.3) is 0 Å². The Hall–Kier alpha value is -0.970. The largest absolute Gasteiger partial charge is 0.398 e. The Bertz CT molecular complexity index is 712. The number of hydrogen-bond donors (Lipinski definition) is 2. The van der Waals surface area contributed by atoms with Crippen molar-refractivity contribution in [3.8, 4) is 0 Å². The Kier molecular flexibility index (Phi) is 4.43. The van der Waals surface area contributed by atoms with Crippen LogP contribution in [0.4, 0.5) is 5.69 Å². The van der Waals surface area contributed by atoms with Gasteiger partial charge in [0.15, 0.2) is 0 Å². The maximum absolute atomic E-state index is 12.7. The van der Waals surface area contributed by atoms with Crippen LogP contribution in [0.15, 0.2) is 26.0 Å². The van der Waals surface area contributed by atoms with E-state index in [1.54, 1.807) is 0 Å². The van der Waals surface area contributed by atoms with Gasteiger partial charge in [0, 0.05) is 8.95 Å². The molecule has 1 aliphatic heterocycles. The Balaban J connectivity index is 2.57. The maximum atomic E-state index is 12.7. The Morgan fingerprint density at radius 2 is 1.95 bits per heavy atom. The van der Waals surface area contributed by atoms with Gasteiger partial charge in [-0.1, -0.05) is 15.9 Å². The molecule has 1 atom stereocenters. The molecule has 21 heavy (non-hydrogen) atoms. The first-order chi connectivity index (χ1) is 9.64. The number of rotatable bonds is 2. The van der Waals surface area contributed by atoms with Gasteiger partial charge in [-0.3, -0.25) is 14.9 Å². The summed E-state index contributed by atoms with van der Waals surface area (Å²) in [6.07, 6.45) is 0. The molecule has 1 aliphatic rings. The van der Waals surface area contributed by atoms with E-state index >= 15 is 0 Å². The van der Waals surface area contributed by atoms with Crippen molar-refractivity contribution in [3.05, 3.63) is 21.1 Å². The fourth-order valence-electron chi connectivity index (χ4n) is 1.95. The number of halogens is 2. The van der Waals surface area contributed by atoms with Crippen LogP contribution in [0.5, 0.6) is 0 Å². The number of amides is 2. The number of anilines is 1. The third kappa shape index (κ3) is 2.98. The predicted octanol–water partition coefficient (Wildman–Crippen LogP) is 0.829. The predicted molar refractivity (Wildman–Crippen MR) is 82.8 cm³/mol. The number of carbonyl (C=O) groups excluding carboxylic acids is 2. The lowest BCUT2D eigenvalue weighted by Crippen LogP contribution is -2.58. The summed E-state index contributed by atoms with van der Waals surface area (Å²) in [4.78, 5) is 22.9. The van der Waals surface area contributed by atoms with Gasteiger partial charge in [0.1, 0.15) is 10.9 Å². The Morgan fingerprint density at radius 1 is 1.33 bits per heavy atom. The third-order valence-electron chi connectivity index (χ3n) is 2.98. The van der Waals surface area contributed by atoms with Crippen molar-refractivity contribution in [2.45, 2.75) is 17.9 Å². The number of carbonyl (C=O) groups is 2. The molecule has 0 aromatic heterocycles. The fourth-order valence-corrected chi connectivity index (χ4v) is 5.52. The van der Waals surface area contributed by atoms with E-state index in [-0.39, 0.29) is 15.1 Å². The molecular weight excluding hydrogens is 430 g/mol. The second-order valence-corrected chi connectivity index (χ2v) is 8.04. The number of piperazine rings is 1. The minimum absolute atomic E-state index is 0.0156. The molecule has 10 heteroatoms. The zero-order chi connectivity index (χ0) is 15.9. The van der Waals surface area contributed by atoms with Gasteiger partial charge in [0.05, 0.1) is 12.2 Å². The van der Waals surface area contributed by atoms with Gasteiger partial charge in [-0.05, 0) is 35.0 Å². The minimum Gasteiger partial charge on any atom is -0.398 e. The van der Waals surface area contributed by atoms with E-state index in [0.717, 1.165) is 4.31 Å². The topological polar surface area (TPSA) is 110 Å². The third-order valence-corrected chi connectivity index (χ3v) is 6.36. The smallest absolute Gasteiger partial charge is 0.247 e. The lowest BCUT2D eigenvalue weighted by molar-refractivity contribution is -0.136. The number of sulfonamides is 1.